The van der Waals surface area contributed by atoms with Crippen LogP contribution in [0.5, 0.6) is 0 Å². The van der Waals surface area contributed by atoms with Crippen molar-refractivity contribution >= 4 is 59.3 Å². The summed E-state index contributed by atoms with van der Waals surface area (Å²) in [4.78, 5) is 3.74. The van der Waals surface area contributed by atoms with Gasteiger partial charge in [-0.3, -0.25) is 4.57 Å². The maximum absolute atomic E-state index is 12.9. The molecule has 9 heteroatoms. The Morgan fingerprint density at radius 3 is 1.70 bits per heavy atom. The van der Waals surface area contributed by atoms with E-state index in [1.807, 2.05) is 13.8 Å². The van der Waals surface area contributed by atoms with E-state index in [0.717, 1.165) is 0 Å². The van der Waals surface area contributed by atoms with Crippen LogP contribution in [-0.4, -0.2) is 18.2 Å². The first kappa shape index (κ1) is 18.5. The SMILES string of the molecule is CCCOP(=O)(OCCC)c1c(Cl)c(Cl)nc(Cl)c1Cl. The van der Waals surface area contributed by atoms with Crippen LogP contribution in [0.1, 0.15) is 26.7 Å². The maximum atomic E-state index is 12.9. The summed E-state index contributed by atoms with van der Waals surface area (Å²) < 4.78 is 23.6. The van der Waals surface area contributed by atoms with Crippen LogP contribution in [0.4, 0.5) is 0 Å². The fourth-order valence-corrected chi connectivity index (χ4v) is 4.65. The van der Waals surface area contributed by atoms with Crippen LogP contribution in [-0.2, 0) is 13.6 Å². The molecule has 0 N–H and O–H groups in total. The van der Waals surface area contributed by atoms with Crippen LogP contribution in [0.15, 0.2) is 0 Å². The molecule has 1 rings (SSSR count). The van der Waals surface area contributed by atoms with Crippen LogP contribution in [0, 0.1) is 0 Å². The van der Waals surface area contributed by atoms with Crippen LogP contribution in [0.2, 0.25) is 20.4 Å². The normalized spacial score (nSPS) is 11.9. The minimum absolute atomic E-state index is 0.0345. The van der Waals surface area contributed by atoms with Gasteiger partial charge in [-0.05, 0) is 12.8 Å². The third-order valence-corrected chi connectivity index (χ3v) is 5.96. The Morgan fingerprint density at radius 2 is 1.35 bits per heavy atom. The first-order chi connectivity index (χ1) is 9.37. The van der Waals surface area contributed by atoms with Crippen LogP contribution in [0.3, 0.4) is 0 Å². The van der Waals surface area contributed by atoms with Crippen molar-refractivity contribution in [2.24, 2.45) is 0 Å². The lowest BCUT2D eigenvalue weighted by atomic mass is 10.5. The Hall–Kier alpha value is 0.460. The summed E-state index contributed by atoms with van der Waals surface area (Å²) in [6.45, 7) is 4.20. The Morgan fingerprint density at radius 1 is 0.950 bits per heavy atom. The molecular formula is C11H14Cl4NO3P. The quantitative estimate of drug-likeness (QED) is 0.471. The zero-order valence-electron chi connectivity index (χ0n) is 11.0. The lowest BCUT2D eigenvalue weighted by Gasteiger charge is -2.21. The summed E-state index contributed by atoms with van der Waals surface area (Å²) in [5.41, 5.74) is 0. The van der Waals surface area contributed by atoms with E-state index in [1.165, 1.54) is 0 Å². The molecule has 0 unspecified atom stereocenters. The maximum Gasteiger partial charge on any atom is 0.364 e. The fourth-order valence-electron chi connectivity index (χ4n) is 1.31. The van der Waals surface area contributed by atoms with Gasteiger partial charge in [-0.25, -0.2) is 4.98 Å². The Bertz CT molecular complexity index is 489. The highest BCUT2D eigenvalue weighted by atomic mass is 35.5. The van der Waals surface area contributed by atoms with Crippen molar-refractivity contribution in [2.45, 2.75) is 26.7 Å². The van der Waals surface area contributed by atoms with Gasteiger partial charge in [0.05, 0.1) is 23.3 Å². The molecule has 114 valence electrons. The minimum atomic E-state index is -3.71. The van der Waals surface area contributed by atoms with Gasteiger partial charge in [0.25, 0.3) is 0 Å². The molecule has 1 heterocycles. The number of rotatable bonds is 7. The van der Waals surface area contributed by atoms with Crippen LogP contribution in [0.25, 0.3) is 0 Å². The topological polar surface area (TPSA) is 48.4 Å². The molecule has 0 spiro atoms. The largest absolute Gasteiger partial charge is 0.364 e. The predicted molar refractivity (Wildman–Crippen MR) is 84.0 cm³/mol. The summed E-state index contributed by atoms with van der Waals surface area (Å²) in [5, 5.41) is -0.381. The minimum Gasteiger partial charge on any atom is -0.305 e. The Balaban J connectivity index is 3.36. The van der Waals surface area contributed by atoms with Crippen LogP contribution < -0.4 is 5.30 Å². The van der Waals surface area contributed by atoms with E-state index in [0.29, 0.717) is 12.8 Å². The molecule has 0 atom stereocenters. The van der Waals surface area contributed by atoms with Gasteiger partial charge in [-0.2, -0.15) is 0 Å². The molecule has 0 fully saturated rings. The van der Waals surface area contributed by atoms with E-state index in [9.17, 15) is 4.57 Å². The molecule has 20 heavy (non-hydrogen) atoms. The van der Waals surface area contributed by atoms with E-state index >= 15 is 0 Å². The number of halogens is 4. The number of hydrogen-bond acceptors (Lipinski definition) is 4. The molecule has 0 amide bonds. The summed E-state index contributed by atoms with van der Waals surface area (Å²) in [6.07, 6.45) is 1.31. The molecule has 0 radical (unpaired) electrons. The van der Waals surface area contributed by atoms with E-state index in [2.05, 4.69) is 4.98 Å². The summed E-state index contributed by atoms with van der Waals surface area (Å²) >= 11 is 23.8. The van der Waals surface area contributed by atoms with Gasteiger partial charge in [0, 0.05) is 0 Å². The molecule has 4 nitrogen and oxygen atoms in total. The number of hydrogen-bond donors (Lipinski definition) is 0. The zero-order valence-corrected chi connectivity index (χ0v) is 14.9. The van der Waals surface area contributed by atoms with Gasteiger partial charge in [0.1, 0.15) is 15.6 Å². The lowest BCUT2D eigenvalue weighted by molar-refractivity contribution is 0.213. The second kappa shape index (κ2) is 8.19. The molecule has 1 aromatic rings. The number of nitrogens with zero attached hydrogens (tertiary/aromatic N) is 1. The van der Waals surface area contributed by atoms with Gasteiger partial charge in [0.2, 0.25) is 0 Å². The van der Waals surface area contributed by atoms with E-state index in [4.69, 9.17) is 55.5 Å². The van der Waals surface area contributed by atoms with Crippen molar-refractivity contribution in [3.05, 3.63) is 20.4 Å². The van der Waals surface area contributed by atoms with Gasteiger partial charge < -0.3 is 9.05 Å². The molecule has 0 saturated carbocycles. The highest BCUT2D eigenvalue weighted by Crippen LogP contribution is 2.52. The fraction of sp³-hybridized carbons (Fsp3) is 0.545. The predicted octanol–water partition coefficient (Wildman–Crippen LogP) is 5.37. The second-order valence-corrected chi connectivity index (χ2v) is 7.26. The van der Waals surface area contributed by atoms with Crippen LogP contribution >= 0.6 is 54.0 Å². The Kier molecular flexibility index (Phi) is 7.58. The van der Waals surface area contributed by atoms with Gasteiger partial charge >= 0.3 is 7.60 Å². The molecule has 0 saturated heterocycles. The second-order valence-electron chi connectivity index (χ2n) is 3.83. The van der Waals surface area contributed by atoms with Crippen molar-refractivity contribution in [3.63, 3.8) is 0 Å². The van der Waals surface area contributed by atoms with Crippen molar-refractivity contribution in [1.29, 1.82) is 0 Å². The zero-order chi connectivity index (χ0) is 15.3. The first-order valence-electron chi connectivity index (χ1n) is 5.97. The standard InChI is InChI=1S/C11H14Cl4NO3P/c1-3-5-18-20(17,19-6-4-2)9-7(12)10(14)16-11(15)8(9)13/h3-6H2,1-2H3. The third-order valence-electron chi connectivity index (χ3n) is 2.18. The number of aromatic nitrogens is 1. The monoisotopic (exact) mass is 379 g/mol. The average Bonchev–Trinajstić information content (AvgIpc) is 2.41. The molecule has 0 aliphatic carbocycles. The summed E-state index contributed by atoms with van der Waals surface area (Å²) in [6, 6.07) is 0. The van der Waals surface area contributed by atoms with Crippen molar-refractivity contribution in [1.82, 2.24) is 4.98 Å². The van der Waals surface area contributed by atoms with Gasteiger partial charge in [-0.15, -0.1) is 0 Å². The summed E-state index contributed by atoms with van der Waals surface area (Å²) in [5.74, 6) is 0. The highest BCUT2D eigenvalue weighted by Gasteiger charge is 2.35. The van der Waals surface area contributed by atoms with Crippen molar-refractivity contribution in [3.8, 4) is 0 Å². The third kappa shape index (κ3) is 4.23. The first-order valence-corrected chi connectivity index (χ1v) is 9.02. The van der Waals surface area contributed by atoms with E-state index in [-0.39, 0.29) is 38.9 Å². The molecule has 0 aromatic carbocycles. The van der Waals surface area contributed by atoms with E-state index in [1.54, 1.807) is 0 Å². The molecule has 0 bridgehead atoms. The molecular weight excluding hydrogens is 367 g/mol. The smallest absolute Gasteiger partial charge is 0.305 e. The van der Waals surface area contributed by atoms with E-state index < -0.39 is 7.60 Å². The molecule has 0 aliphatic heterocycles. The average molecular weight is 381 g/mol. The lowest BCUT2D eigenvalue weighted by Crippen LogP contribution is -2.16. The molecule has 0 aliphatic rings. The van der Waals surface area contributed by atoms with Gasteiger partial charge in [-0.1, -0.05) is 60.3 Å². The summed E-state index contributed by atoms with van der Waals surface area (Å²) in [7, 11) is -3.71. The highest BCUT2D eigenvalue weighted by molar-refractivity contribution is 7.62. The number of pyridine rings is 1. The molecule has 1 aromatic heterocycles. The van der Waals surface area contributed by atoms with Gasteiger partial charge in [0.15, 0.2) is 0 Å². The van der Waals surface area contributed by atoms with Crippen molar-refractivity contribution in [2.75, 3.05) is 13.2 Å². The van der Waals surface area contributed by atoms with Crippen molar-refractivity contribution < 1.29 is 13.6 Å². The Labute approximate surface area is 138 Å².